The van der Waals surface area contributed by atoms with E-state index >= 15 is 0 Å². The minimum atomic E-state index is -0.308. The van der Waals surface area contributed by atoms with Gasteiger partial charge in [-0.1, -0.05) is 18.2 Å². The van der Waals surface area contributed by atoms with Gasteiger partial charge in [-0.25, -0.2) is 9.37 Å². The first-order valence-corrected chi connectivity index (χ1v) is 7.08. The zero-order valence-corrected chi connectivity index (χ0v) is 13.0. The van der Waals surface area contributed by atoms with Gasteiger partial charge in [0.05, 0.1) is 0 Å². The fraction of sp³-hybridized carbons (Fsp3) is 0.353. The second-order valence-electron chi connectivity index (χ2n) is 6.18. The van der Waals surface area contributed by atoms with Crippen molar-refractivity contribution in [2.75, 3.05) is 5.32 Å². The minimum absolute atomic E-state index is 0.0562. The number of benzene rings is 1. The molecule has 0 aliphatic heterocycles. The molecule has 0 aliphatic carbocycles. The van der Waals surface area contributed by atoms with Crippen molar-refractivity contribution in [3.8, 4) is 0 Å². The summed E-state index contributed by atoms with van der Waals surface area (Å²) in [5.74, 6) is -0.0463. The van der Waals surface area contributed by atoms with Gasteiger partial charge in [0.1, 0.15) is 0 Å². The number of nitrogens with zero attached hydrogens (tertiary/aromatic N) is 1. The number of hydrogen-bond donors (Lipinski definition) is 2. The fourth-order valence-electron chi connectivity index (χ4n) is 1.91. The standard InChI is InChI=1S/C17H22FN3/c1-12-7-5-6-8-14(12)21-16-15(18)13(9-10-19-16)11-20-17(2,3)4/h5-10,20H,11H2,1-4H3,(H,19,21). The highest BCUT2D eigenvalue weighted by atomic mass is 19.1. The van der Waals surface area contributed by atoms with Crippen LogP contribution in [0.5, 0.6) is 0 Å². The third kappa shape index (κ3) is 4.26. The van der Waals surface area contributed by atoms with Crippen LogP contribution < -0.4 is 10.6 Å². The van der Waals surface area contributed by atoms with Crippen LogP contribution in [-0.2, 0) is 6.54 Å². The van der Waals surface area contributed by atoms with Gasteiger partial charge >= 0.3 is 0 Å². The lowest BCUT2D eigenvalue weighted by Gasteiger charge is -2.21. The van der Waals surface area contributed by atoms with Gasteiger partial charge in [0.15, 0.2) is 11.6 Å². The van der Waals surface area contributed by atoms with Gasteiger partial charge in [0.25, 0.3) is 0 Å². The Balaban J connectivity index is 2.20. The summed E-state index contributed by atoms with van der Waals surface area (Å²) >= 11 is 0. The maximum Gasteiger partial charge on any atom is 0.170 e. The van der Waals surface area contributed by atoms with Crippen molar-refractivity contribution < 1.29 is 4.39 Å². The molecule has 1 aromatic heterocycles. The van der Waals surface area contributed by atoms with E-state index in [-0.39, 0.29) is 17.2 Å². The molecule has 0 radical (unpaired) electrons. The first kappa shape index (κ1) is 15.4. The van der Waals surface area contributed by atoms with E-state index in [1.54, 1.807) is 12.3 Å². The van der Waals surface area contributed by atoms with Crippen LogP contribution in [0.15, 0.2) is 36.5 Å². The fourth-order valence-corrected chi connectivity index (χ4v) is 1.91. The summed E-state index contributed by atoms with van der Waals surface area (Å²) < 4.78 is 14.5. The third-order valence-corrected chi connectivity index (χ3v) is 3.18. The largest absolute Gasteiger partial charge is 0.338 e. The van der Waals surface area contributed by atoms with Gasteiger partial charge in [-0.15, -0.1) is 0 Å². The Morgan fingerprint density at radius 2 is 1.86 bits per heavy atom. The van der Waals surface area contributed by atoms with Crippen LogP contribution in [0, 0.1) is 12.7 Å². The maximum absolute atomic E-state index is 14.5. The van der Waals surface area contributed by atoms with E-state index in [2.05, 4.69) is 36.4 Å². The van der Waals surface area contributed by atoms with Crippen molar-refractivity contribution in [2.45, 2.75) is 39.8 Å². The summed E-state index contributed by atoms with van der Waals surface area (Å²) in [6.07, 6.45) is 1.63. The molecule has 0 aliphatic rings. The Bertz CT molecular complexity index is 618. The number of nitrogens with one attached hydrogen (secondary N) is 2. The number of aromatic nitrogens is 1. The molecule has 0 fully saturated rings. The highest BCUT2D eigenvalue weighted by Crippen LogP contribution is 2.22. The van der Waals surface area contributed by atoms with E-state index in [4.69, 9.17) is 0 Å². The van der Waals surface area contributed by atoms with E-state index in [0.717, 1.165) is 11.3 Å². The van der Waals surface area contributed by atoms with Crippen LogP contribution in [0.3, 0.4) is 0 Å². The number of halogens is 1. The molecule has 21 heavy (non-hydrogen) atoms. The predicted octanol–water partition coefficient (Wildman–Crippen LogP) is 4.16. The average Bonchev–Trinajstić information content (AvgIpc) is 2.41. The van der Waals surface area contributed by atoms with Crippen molar-refractivity contribution in [1.82, 2.24) is 10.3 Å². The van der Waals surface area contributed by atoms with Gasteiger partial charge in [-0.05, 0) is 45.4 Å². The van der Waals surface area contributed by atoms with E-state index in [0.29, 0.717) is 12.1 Å². The first-order valence-electron chi connectivity index (χ1n) is 7.08. The smallest absolute Gasteiger partial charge is 0.170 e. The quantitative estimate of drug-likeness (QED) is 0.886. The van der Waals surface area contributed by atoms with Gasteiger partial charge in [0.2, 0.25) is 0 Å². The topological polar surface area (TPSA) is 37.0 Å². The van der Waals surface area contributed by atoms with Crippen molar-refractivity contribution in [3.63, 3.8) is 0 Å². The van der Waals surface area contributed by atoms with E-state index < -0.39 is 0 Å². The van der Waals surface area contributed by atoms with Crippen molar-refractivity contribution in [3.05, 3.63) is 53.5 Å². The Morgan fingerprint density at radius 1 is 1.14 bits per heavy atom. The summed E-state index contributed by atoms with van der Waals surface area (Å²) in [6, 6.07) is 9.46. The van der Waals surface area contributed by atoms with Crippen LogP contribution in [0.4, 0.5) is 15.9 Å². The molecule has 4 heteroatoms. The first-order chi connectivity index (χ1) is 9.87. The lowest BCUT2D eigenvalue weighted by atomic mass is 10.1. The van der Waals surface area contributed by atoms with Gasteiger partial charge in [-0.3, -0.25) is 0 Å². The summed E-state index contributed by atoms with van der Waals surface area (Å²) in [4.78, 5) is 4.11. The monoisotopic (exact) mass is 287 g/mol. The summed E-state index contributed by atoms with van der Waals surface area (Å²) in [7, 11) is 0. The Kier molecular flexibility index (Phi) is 4.58. The number of hydrogen-bond acceptors (Lipinski definition) is 3. The lowest BCUT2D eigenvalue weighted by Crippen LogP contribution is -2.35. The van der Waals surface area contributed by atoms with Crippen LogP contribution >= 0.6 is 0 Å². The molecular weight excluding hydrogens is 265 g/mol. The van der Waals surface area contributed by atoms with Gasteiger partial charge in [0, 0.05) is 29.5 Å². The molecule has 0 bridgehead atoms. The molecule has 0 atom stereocenters. The molecule has 0 amide bonds. The van der Waals surface area contributed by atoms with Crippen molar-refractivity contribution in [1.29, 1.82) is 0 Å². The van der Waals surface area contributed by atoms with Crippen LogP contribution in [-0.4, -0.2) is 10.5 Å². The van der Waals surface area contributed by atoms with E-state index in [9.17, 15) is 4.39 Å². The molecule has 2 N–H and O–H groups in total. The SMILES string of the molecule is Cc1ccccc1Nc1nccc(CNC(C)(C)C)c1F. The second kappa shape index (κ2) is 6.22. The Morgan fingerprint density at radius 3 is 2.52 bits per heavy atom. The zero-order valence-electron chi connectivity index (χ0n) is 13.0. The van der Waals surface area contributed by atoms with Gasteiger partial charge in [-0.2, -0.15) is 0 Å². The maximum atomic E-state index is 14.5. The highest BCUT2D eigenvalue weighted by Gasteiger charge is 2.14. The number of pyridine rings is 1. The summed E-state index contributed by atoms with van der Waals surface area (Å²) in [6.45, 7) is 8.61. The second-order valence-corrected chi connectivity index (χ2v) is 6.18. The van der Waals surface area contributed by atoms with Gasteiger partial charge < -0.3 is 10.6 Å². The normalized spacial score (nSPS) is 11.5. The zero-order chi connectivity index (χ0) is 15.5. The number of rotatable bonds is 4. The lowest BCUT2D eigenvalue weighted by molar-refractivity contribution is 0.418. The molecule has 3 nitrogen and oxygen atoms in total. The average molecular weight is 287 g/mol. The predicted molar refractivity (Wildman–Crippen MR) is 85.2 cm³/mol. The molecule has 0 saturated carbocycles. The van der Waals surface area contributed by atoms with Crippen LogP contribution in [0.2, 0.25) is 0 Å². The molecule has 0 saturated heterocycles. The molecule has 112 valence electrons. The molecule has 0 unspecified atom stereocenters. The summed E-state index contributed by atoms with van der Waals surface area (Å²) in [5, 5.41) is 6.35. The van der Waals surface area contributed by atoms with Crippen LogP contribution in [0.1, 0.15) is 31.9 Å². The van der Waals surface area contributed by atoms with Crippen molar-refractivity contribution >= 4 is 11.5 Å². The van der Waals surface area contributed by atoms with Crippen molar-refractivity contribution in [2.24, 2.45) is 0 Å². The molecule has 2 rings (SSSR count). The number of aryl methyl sites for hydroxylation is 1. The number of para-hydroxylation sites is 1. The third-order valence-electron chi connectivity index (χ3n) is 3.18. The Hall–Kier alpha value is -1.94. The minimum Gasteiger partial charge on any atom is -0.338 e. The number of anilines is 2. The molecule has 1 heterocycles. The Labute approximate surface area is 125 Å². The van der Waals surface area contributed by atoms with E-state index in [1.807, 2.05) is 31.2 Å². The summed E-state index contributed by atoms with van der Waals surface area (Å²) in [5.41, 5.74) is 2.47. The van der Waals surface area contributed by atoms with Crippen LogP contribution in [0.25, 0.3) is 0 Å². The van der Waals surface area contributed by atoms with E-state index in [1.165, 1.54) is 0 Å². The molecular formula is C17H22FN3. The molecule has 1 aromatic carbocycles. The molecule has 2 aromatic rings. The molecule has 0 spiro atoms. The highest BCUT2D eigenvalue weighted by molar-refractivity contribution is 5.60.